The van der Waals surface area contributed by atoms with E-state index >= 15 is 0 Å². The lowest BCUT2D eigenvalue weighted by molar-refractivity contribution is -0.302. The van der Waals surface area contributed by atoms with E-state index in [2.05, 4.69) is 141 Å². The van der Waals surface area contributed by atoms with Gasteiger partial charge in [-0.05, 0) is 103 Å². The maximum atomic E-state index is 13.0. The van der Waals surface area contributed by atoms with Crippen molar-refractivity contribution < 1.29 is 39.8 Å². The minimum absolute atomic E-state index is 0.194. The Morgan fingerprint density at radius 1 is 0.455 bits per heavy atom. The summed E-state index contributed by atoms with van der Waals surface area (Å²) >= 11 is 0. The Balaban J connectivity index is 2.11. The van der Waals surface area contributed by atoms with Crippen molar-refractivity contribution in [1.82, 2.24) is 5.32 Å². The number of carbonyl (C=O) groups excluding carboxylic acids is 1. The fourth-order valence-electron chi connectivity index (χ4n) is 8.87. The van der Waals surface area contributed by atoms with Crippen molar-refractivity contribution >= 4 is 5.91 Å². The Bertz CT molecular complexity index is 1670. The molecule has 1 aliphatic rings. The Morgan fingerprint density at radius 2 is 0.818 bits per heavy atom. The summed E-state index contributed by atoms with van der Waals surface area (Å²) in [5.74, 6) is -0.194. The van der Waals surface area contributed by atoms with Gasteiger partial charge in [-0.15, -0.1) is 0 Å². The maximum absolute atomic E-state index is 13.0. The Morgan fingerprint density at radius 3 is 1.25 bits per heavy atom. The third-order valence-corrected chi connectivity index (χ3v) is 13.7. The smallest absolute Gasteiger partial charge is 0.220 e. The molecule has 7 atom stereocenters. The summed E-state index contributed by atoms with van der Waals surface area (Å²) < 4.78 is 11.2. The first-order valence-electron chi connectivity index (χ1n) is 30.9. The molecule has 0 bridgehead atoms. The van der Waals surface area contributed by atoms with Gasteiger partial charge in [-0.2, -0.15) is 0 Å². The number of hydrogen-bond donors (Lipinski definition) is 6. The second-order valence-electron chi connectivity index (χ2n) is 20.8. The second kappa shape index (κ2) is 55.6. The molecule has 438 valence electrons. The van der Waals surface area contributed by atoms with Crippen molar-refractivity contribution in [3.63, 3.8) is 0 Å². The van der Waals surface area contributed by atoms with Crippen molar-refractivity contribution in [2.45, 2.75) is 275 Å². The molecule has 0 aromatic carbocycles. The zero-order chi connectivity index (χ0) is 55.8. The van der Waals surface area contributed by atoms with E-state index in [1.54, 1.807) is 6.08 Å². The zero-order valence-electron chi connectivity index (χ0n) is 48.7. The van der Waals surface area contributed by atoms with Crippen LogP contribution in [0.25, 0.3) is 0 Å². The molecule has 6 N–H and O–H groups in total. The summed E-state index contributed by atoms with van der Waals surface area (Å²) in [6.07, 6.45) is 78.2. The SMILES string of the molecule is CC/C=C\C/C=C\C/C=C\C/C=C\C/C=C\C/C=C\C/C=C\C/C=C\C/C=C\CCCCCCCCCCCCCCCC(=O)NC(COC1OC(CO)C(O)C(O)C1O)C(O)/C=C/CC/C=C/CCCCCCCCC. The van der Waals surface area contributed by atoms with Crippen LogP contribution in [0.1, 0.15) is 232 Å². The van der Waals surface area contributed by atoms with Crippen LogP contribution in [0, 0.1) is 0 Å². The van der Waals surface area contributed by atoms with Gasteiger partial charge < -0.3 is 40.3 Å². The number of allylic oxidation sites excluding steroid dienone is 21. The van der Waals surface area contributed by atoms with Crippen LogP contribution >= 0.6 is 0 Å². The first-order chi connectivity index (χ1) is 37.8. The Kier molecular flexibility index (Phi) is 51.5. The molecule has 1 heterocycles. The van der Waals surface area contributed by atoms with Crippen LogP contribution in [0.3, 0.4) is 0 Å². The van der Waals surface area contributed by atoms with E-state index in [1.807, 2.05) is 6.08 Å². The number of amides is 1. The van der Waals surface area contributed by atoms with Gasteiger partial charge in [0, 0.05) is 6.42 Å². The normalized spacial score (nSPS) is 19.7. The van der Waals surface area contributed by atoms with Gasteiger partial charge in [-0.3, -0.25) is 4.79 Å². The molecule has 0 spiro atoms. The fraction of sp³-hybridized carbons (Fsp3) is 0.662. The first kappa shape index (κ1) is 71.3. The van der Waals surface area contributed by atoms with Crippen molar-refractivity contribution in [2.75, 3.05) is 13.2 Å². The van der Waals surface area contributed by atoms with E-state index in [1.165, 1.54) is 116 Å². The predicted molar refractivity (Wildman–Crippen MR) is 327 cm³/mol. The summed E-state index contributed by atoms with van der Waals surface area (Å²) in [6, 6.07) is -0.829. The largest absolute Gasteiger partial charge is 0.394 e. The summed E-state index contributed by atoms with van der Waals surface area (Å²) in [5, 5.41) is 54.4. The van der Waals surface area contributed by atoms with Gasteiger partial charge in [0.15, 0.2) is 6.29 Å². The van der Waals surface area contributed by atoms with E-state index in [-0.39, 0.29) is 12.5 Å². The molecule has 1 rings (SSSR count). The lowest BCUT2D eigenvalue weighted by Crippen LogP contribution is -2.60. The molecule has 0 aromatic heterocycles. The third kappa shape index (κ3) is 44.8. The average Bonchev–Trinajstić information content (AvgIpc) is 3.43. The quantitative estimate of drug-likeness (QED) is 0.0261. The molecule has 9 heteroatoms. The molecule has 77 heavy (non-hydrogen) atoms. The second-order valence-corrected chi connectivity index (χ2v) is 20.8. The number of nitrogens with one attached hydrogen (secondary N) is 1. The van der Waals surface area contributed by atoms with Gasteiger partial charge in [0.25, 0.3) is 0 Å². The van der Waals surface area contributed by atoms with Gasteiger partial charge in [0.05, 0.1) is 25.4 Å². The molecule has 1 saturated heterocycles. The summed E-state index contributed by atoms with van der Waals surface area (Å²) in [6.45, 7) is 3.62. The summed E-state index contributed by atoms with van der Waals surface area (Å²) in [5.41, 5.74) is 0. The standard InChI is InChI=1S/C68H113NO8/c1-3-5-7-9-11-13-15-17-18-19-20-21-22-23-24-25-26-27-28-29-30-31-32-33-34-35-36-37-38-39-40-41-42-43-44-46-48-50-52-54-56-58-64(72)69-61(60-76-68-67(75)66(74)65(73)63(59-70)77-68)62(71)57-55-53-51-49-47-45-16-14-12-10-8-6-4-2/h5,7,11,13,17-18,20-21,23-24,26-27,29-30,32-33,35-36,47,49,55,57,61-63,65-68,70-71,73-75H,3-4,6,8-10,12,14-16,19,22,25,28,31,34,37-46,48,50-54,56,58-60H2,1-2H3,(H,69,72)/b7-5-,13-11-,18-17-,21-20-,24-23-,27-26-,30-29-,33-32-,36-35-,49-47+,57-55+. The van der Waals surface area contributed by atoms with Gasteiger partial charge in [0.2, 0.25) is 5.91 Å². The maximum Gasteiger partial charge on any atom is 0.220 e. The van der Waals surface area contributed by atoms with Crippen LogP contribution in [0.2, 0.25) is 0 Å². The molecule has 0 saturated carbocycles. The lowest BCUT2D eigenvalue weighted by atomic mass is 9.99. The van der Waals surface area contributed by atoms with E-state index in [0.29, 0.717) is 6.42 Å². The number of hydrogen-bond acceptors (Lipinski definition) is 8. The highest BCUT2D eigenvalue weighted by atomic mass is 16.7. The first-order valence-corrected chi connectivity index (χ1v) is 30.9. The Labute approximate surface area is 471 Å². The number of aliphatic hydroxyl groups is 5. The van der Waals surface area contributed by atoms with Crippen LogP contribution in [0.4, 0.5) is 0 Å². The zero-order valence-corrected chi connectivity index (χ0v) is 48.7. The molecular weight excluding hydrogens is 959 g/mol. The topological polar surface area (TPSA) is 149 Å². The van der Waals surface area contributed by atoms with Crippen LogP contribution in [-0.4, -0.2) is 87.5 Å². The number of aliphatic hydroxyl groups excluding tert-OH is 5. The van der Waals surface area contributed by atoms with Gasteiger partial charge in [-0.1, -0.05) is 257 Å². The minimum Gasteiger partial charge on any atom is -0.394 e. The number of carbonyl (C=O) groups is 1. The number of ether oxygens (including phenoxy) is 2. The average molecular weight is 1070 g/mol. The molecule has 0 aromatic rings. The monoisotopic (exact) mass is 1070 g/mol. The highest BCUT2D eigenvalue weighted by Gasteiger charge is 2.44. The van der Waals surface area contributed by atoms with Crippen molar-refractivity contribution in [3.8, 4) is 0 Å². The van der Waals surface area contributed by atoms with Gasteiger partial charge >= 0.3 is 0 Å². The van der Waals surface area contributed by atoms with E-state index < -0.39 is 49.5 Å². The minimum atomic E-state index is -1.58. The van der Waals surface area contributed by atoms with Crippen LogP contribution in [0.5, 0.6) is 0 Å². The van der Waals surface area contributed by atoms with Crippen molar-refractivity contribution in [3.05, 3.63) is 134 Å². The lowest BCUT2D eigenvalue weighted by Gasteiger charge is -2.40. The number of rotatable bonds is 51. The van der Waals surface area contributed by atoms with Crippen molar-refractivity contribution in [1.29, 1.82) is 0 Å². The number of unbranched alkanes of at least 4 members (excludes halogenated alkanes) is 21. The molecule has 1 aliphatic heterocycles. The van der Waals surface area contributed by atoms with E-state index in [9.17, 15) is 30.3 Å². The third-order valence-electron chi connectivity index (χ3n) is 13.7. The summed E-state index contributed by atoms with van der Waals surface area (Å²) in [7, 11) is 0. The summed E-state index contributed by atoms with van der Waals surface area (Å²) in [4.78, 5) is 13.0. The predicted octanol–water partition coefficient (Wildman–Crippen LogP) is 16.1. The molecule has 0 aliphatic carbocycles. The van der Waals surface area contributed by atoms with Gasteiger partial charge in [0.1, 0.15) is 24.4 Å². The van der Waals surface area contributed by atoms with E-state index in [4.69, 9.17) is 9.47 Å². The van der Waals surface area contributed by atoms with Crippen LogP contribution < -0.4 is 5.32 Å². The molecular formula is C68H113NO8. The fourth-order valence-corrected chi connectivity index (χ4v) is 8.87. The molecule has 1 fully saturated rings. The van der Waals surface area contributed by atoms with Crippen LogP contribution in [-0.2, 0) is 14.3 Å². The molecule has 9 nitrogen and oxygen atoms in total. The van der Waals surface area contributed by atoms with E-state index in [0.717, 1.165) is 96.3 Å². The van der Waals surface area contributed by atoms with Crippen molar-refractivity contribution in [2.24, 2.45) is 0 Å². The highest BCUT2D eigenvalue weighted by molar-refractivity contribution is 5.76. The molecule has 7 unspecified atom stereocenters. The Hall–Kier alpha value is -3.67. The molecule has 0 radical (unpaired) electrons. The van der Waals surface area contributed by atoms with Crippen LogP contribution in [0.15, 0.2) is 134 Å². The molecule has 1 amide bonds. The highest BCUT2D eigenvalue weighted by Crippen LogP contribution is 2.23. The van der Waals surface area contributed by atoms with Gasteiger partial charge in [-0.25, -0.2) is 0 Å².